The van der Waals surface area contributed by atoms with Crippen LogP contribution in [0.4, 0.5) is 4.39 Å². The third-order valence-electron chi connectivity index (χ3n) is 3.18. The first-order chi connectivity index (χ1) is 7.68. The summed E-state index contributed by atoms with van der Waals surface area (Å²) < 4.78 is 18.2. The lowest BCUT2D eigenvalue weighted by atomic mass is 9.85. The summed E-state index contributed by atoms with van der Waals surface area (Å²) in [6.45, 7) is 1.54. The maximum absolute atomic E-state index is 12.8. The highest BCUT2D eigenvalue weighted by Crippen LogP contribution is 2.23. The molecule has 88 valence electrons. The summed E-state index contributed by atoms with van der Waals surface area (Å²) in [5, 5.41) is 0. The molecule has 1 aromatic rings. The Morgan fingerprint density at radius 1 is 1.19 bits per heavy atom. The Hall–Kier alpha value is -0.930. The van der Waals surface area contributed by atoms with Gasteiger partial charge in [-0.25, -0.2) is 4.39 Å². The van der Waals surface area contributed by atoms with E-state index >= 15 is 0 Å². The first-order valence-electron chi connectivity index (χ1n) is 5.79. The minimum absolute atomic E-state index is 0.186. The van der Waals surface area contributed by atoms with Crippen molar-refractivity contribution < 1.29 is 9.13 Å². The monoisotopic (exact) mass is 223 g/mol. The van der Waals surface area contributed by atoms with Gasteiger partial charge in [0.15, 0.2) is 0 Å². The lowest BCUT2D eigenvalue weighted by Crippen LogP contribution is -2.42. The highest BCUT2D eigenvalue weighted by molar-refractivity contribution is 5.18. The molecular formula is C13H18FNO. The van der Waals surface area contributed by atoms with Crippen LogP contribution < -0.4 is 5.73 Å². The number of hydrogen-bond donors (Lipinski definition) is 1. The van der Waals surface area contributed by atoms with Gasteiger partial charge in [-0.15, -0.1) is 0 Å². The number of hydrogen-bond acceptors (Lipinski definition) is 2. The highest BCUT2D eigenvalue weighted by atomic mass is 19.1. The standard InChI is InChI=1S/C13H18FNO/c14-12-4-2-11(3-5-12)10-13(15)6-1-8-16-9-7-13/h2-5H,1,6-10,15H2. The topological polar surface area (TPSA) is 35.2 Å². The van der Waals surface area contributed by atoms with Gasteiger partial charge in [-0.1, -0.05) is 12.1 Å². The minimum Gasteiger partial charge on any atom is -0.381 e. The Bertz CT molecular complexity index is 328. The lowest BCUT2D eigenvalue weighted by Gasteiger charge is -2.27. The van der Waals surface area contributed by atoms with E-state index in [4.69, 9.17) is 10.5 Å². The van der Waals surface area contributed by atoms with Crippen molar-refractivity contribution >= 4 is 0 Å². The summed E-state index contributed by atoms with van der Waals surface area (Å²) >= 11 is 0. The molecule has 2 rings (SSSR count). The van der Waals surface area contributed by atoms with E-state index in [2.05, 4.69) is 0 Å². The zero-order valence-corrected chi connectivity index (χ0v) is 9.42. The average molecular weight is 223 g/mol. The third-order valence-corrected chi connectivity index (χ3v) is 3.18. The summed E-state index contributed by atoms with van der Waals surface area (Å²) in [6.07, 6.45) is 3.67. The average Bonchev–Trinajstić information content (AvgIpc) is 2.47. The van der Waals surface area contributed by atoms with E-state index in [1.54, 1.807) is 0 Å². The number of rotatable bonds is 2. The van der Waals surface area contributed by atoms with Crippen molar-refractivity contribution in [2.75, 3.05) is 13.2 Å². The van der Waals surface area contributed by atoms with Gasteiger partial charge < -0.3 is 10.5 Å². The Morgan fingerprint density at radius 2 is 1.94 bits per heavy atom. The SMILES string of the molecule is NC1(Cc2ccc(F)cc2)CCCOCC1. The zero-order chi connectivity index (χ0) is 11.4. The maximum Gasteiger partial charge on any atom is 0.123 e. The highest BCUT2D eigenvalue weighted by Gasteiger charge is 2.26. The summed E-state index contributed by atoms with van der Waals surface area (Å²) in [7, 11) is 0. The van der Waals surface area contributed by atoms with E-state index in [0.29, 0.717) is 0 Å². The van der Waals surface area contributed by atoms with E-state index in [9.17, 15) is 4.39 Å². The molecule has 2 nitrogen and oxygen atoms in total. The normalized spacial score (nSPS) is 26.4. The van der Waals surface area contributed by atoms with Crippen molar-refractivity contribution in [2.24, 2.45) is 5.73 Å². The molecule has 0 aromatic heterocycles. The molecular weight excluding hydrogens is 205 g/mol. The molecule has 1 aromatic carbocycles. The van der Waals surface area contributed by atoms with Crippen molar-refractivity contribution in [3.8, 4) is 0 Å². The molecule has 3 heteroatoms. The van der Waals surface area contributed by atoms with Crippen LogP contribution >= 0.6 is 0 Å². The van der Waals surface area contributed by atoms with Crippen molar-refractivity contribution in [1.82, 2.24) is 0 Å². The van der Waals surface area contributed by atoms with Crippen LogP contribution in [-0.2, 0) is 11.2 Å². The van der Waals surface area contributed by atoms with E-state index in [0.717, 1.165) is 44.5 Å². The first kappa shape index (κ1) is 11.6. The first-order valence-corrected chi connectivity index (χ1v) is 5.79. The van der Waals surface area contributed by atoms with Crippen LogP contribution in [0.5, 0.6) is 0 Å². The molecule has 0 radical (unpaired) electrons. The second-order valence-electron chi connectivity index (χ2n) is 4.63. The number of ether oxygens (including phenoxy) is 1. The predicted octanol–water partition coefficient (Wildman–Crippen LogP) is 2.27. The van der Waals surface area contributed by atoms with E-state index < -0.39 is 0 Å². The van der Waals surface area contributed by atoms with Gasteiger partial charge in [-0.05, 0) is 43.4 Å². The summed E-state index contributed by atoms with van der Waals surface area (Å²) in [4.78, 5) is 0. The van der Waals surface area contributed by atoms with Gasteiger partial charge in [-0.3, -0.25) is 0 Å². The second kappa shape index (κ2) is 4.93. The molecule has 0 spiro atoms. The summed E-state index contributed by atoms with van der Waals surface area (Å²) in [5.41, 5.74) is 7.27. The molecule has 1 saturated heterocycles. The predicted molar refractivity (Wildman–Crippen MR) is 61.7 cm³/mol. The summed E-state index contributed by atoms with van der Waals surface area (Å²) in [6, 6.07) is 6.61. The van der Waals surface area contributed by atoms with Crippen LogP contribution in [-0.4, -0.2) is 18.8 Å². The zero-order valence-electron chi connectivity index (χ0n) is 9.42. The van der Waals surface area contributed by atoms with Crippen molar-refractivity contribution in [2.45, 2.75) is 31.2 Å². The molecule has 0 aliphatic carbocycles. The van der Waals surface area contributed by atoms with Crippen LogP contribution in [0.2, 0.25) is 0 Å². The van der Waals surface area contributed by atoms with Crippen molar-refractivity contribution in [1.29, 1.82) is 0 Å². The molecule has 1 atom stereocenters. The molecule has 0 amide bonds. The van der Waals surface area contributed by atoms with Gasteiger partial charge in [0.2, 0.25) is 0 Å². The lowest BCUT2D eigenvalue weighted by molar-refractivity contribution is 0.139. The number of nitrogens with two attached hydrogens (primary N) is 1. The Labute approximate surface area is 95.6 Å². The van der Waals surface area contributed by atoms with E-state index in [1.165, 1.54) is 12.1 Å². The molecule has 0 saturated carbocycles. The van der Waals surface area contributed by atoms with Gasteiger partial charge in [0.05, 0.1) is 0 Å². The largest absolute Gasteiger partial charge is 0.381 e. The smallest absolute Gasteiger partial charge is 0.123 e. The molecule has 1 fully saturated rings. The van der Waals surface area contributed by atoms with Gasteiger partial charge in [-0.2, -0.15) is 0 Å². The van der Waals surface area contributed by atoms with Crippen LogP contribution in [0.1, 0.15) is 24.8 Å². The van der Waals surface area contributed by atoms with Gasteiger partial charge >= 0.3 is 0 Å². The van der Waals surface area contributed by atoms with Crippen molar-refractivity contribution in [3.05, 3.63) is 35.6 Å². The molecule has 0 bridgehead atoms. The Morgan fingerprint density at radius 3 is 2.69 bits per heavy atom. The third kappa shape index (κ3) is 3.03. The summed E-state index contributed by atoms with van der Waals surface area (Å²) in [5.74, 6) is -0.195. The van der Waals surface area contributed by atoms with Crippen LogP contribution in [0, 0.1) is 5.82 Å². The molecule has 1 aliphatic heterocycles. The molecule has 1 unspecified atom stereocenters. The minimum atomic E-state index is -0.195. The fourth-order valence-corrected chi connectivity index (χ4v) is 2.21. The Balaban J connectivity index is 2.04. The fraction of sp³-hybridized carbons (Fsp3) is 0.538. The molecule has 1 aliphatic rings. The molecule has 2 N–H and O–H groups in total. The fourth-order valence-electron chi connectivity index (χ4n) is 2.21. The second-order valence-corrected chi connectivity index (χ2v) is 4.63. The molecule has 1 heterocycles. The van der Waals surface area contributed by atoms with Crippen molar-refractivity contribution in [3.63, 3.8) is 0 Å². The maximum atomic E-state index is 12.8. The number of halogens is 1. The van der Waals surface area contributed by atoms with Crippen LogP contribution in [0.25, 0.3) is 0 Å². The van der Waals surface area contributed by atoms with Gasteiger partial charge in [0, 0.05) is 18.8 Å². The van der Waals surface area contributed by atoms with E-state index in [-0.39, 0.29) is 11.4 Å². The number of benzene rings is 1. The Kier molecular flexibility index (Phi) is 3.56. The quantitative estimate of drug-likeness (QED) is 0.834. The van der Waals surface area contributed by atoms with Gasteiger partial charge in [0.25, 0.3) is 0 Å². The van der Waals surface area contributed by atoms with Gasteiger partial charge in [0.1, 0.15) is 5.82 Å². The van der Waals surface area contributed by atoms with Crippen LogP contribution in [0.15, 0.2) is 24.3 Å². The van der Waals surface area contributed by atoms with Crippen LogP contribution in [0.3, 0.4) is 0 Å². The van der Waals surface area contributed by atoms with E-state index in [1.807, 2.05) is 12.1 Å². The molecule has 16 heavy (non-hydrogen) atoms.